The highest BCUT2D eigenvalue weighted by molar-refractivity contribution is 6.01. The van der Waals surface area contributed by atoms with Crippen molar-refractivity contribution in [1.29, 1.82) is 0 Å². The fourth-order valence-electron chi connectivity index (χ4n) is 2.37. The number of hydrogen-bond acceptors (Lipinski definition) is 4. The Morgan fingerprint density at radius 3 is 2.43 bits per heavy atom. The van der Waals surface area contributed by atoms with E-state index in [2.05, 4.69) is 5.32 Å². The third kappa shape index (κ3) is 3.61. The van der Waals surface area contributed by atoms with Crippen LogP contribution in [0.15, 0.2) is 24.3 Å². The molecule has 0 aliphatic carbocycles. The van der Waals surface area contributed by atoms with E-state index in [1.165, 1.54) is 13.8 Å². The van der Waals surface area contributed by atoms with Crippen LogP contribution < -0.4 is 20.7 Å². The number of rotatable bonds is 5. The van der Waals surface area contributed by atoms with Crippen molar-refractivity contribution in [3.63, 3.8) is 0 Å². The van der Waals surface area contributed by atoms with Gasteiger partial charge in [0.15, 0.2) is 0 Å². The number of nitrogens with zero attached hydrogens (tertiary/aromatic N) is 1. The lowest BCUT2D eigenvalue weighted by molar-refractivity contribution is -0.132. The Hall–Kier alpha value is -2.57. The number of amides is 3. The number of carbonyl (C=O) groups excluding carboxylic acids is 3. The highest BCUT2D eigenvalue weighted by Gasteiger charge is 2.38. The van der Waals surface area contributed by atoms with Crippen molar-refractivity contribution in [2.45, 2.75) is 25.8 Å². The summed E-state index contributed by atoms with van der Waals surface area (Å²) in [5.41, 5.74) is 4.81. The number of primary amides is 1. The van der Waals surface area contributed by atoms with E-state index in [-0.39, 0.29) is 24.8 Å². The lowest BCUT2D eigenvalue weighted by atomic mass is 10.0. The van der Waals surface area contributed by atoms with Crippen LogP contribution in [0.3, 0.4) is 0 Å². The molecule has 1 heterocycles. The van der Waals surface area contributed by atoms with E-state index in [4.69, 9.17) is 10.5 Å². The molecule has 1 aliphatic heterocycles. The van der Waals surface area contributed by atoms with Crippen LogP contribution in [0.1, 0.15) is 20.3 Å². The van der Waals surface area contributed by atoms with Crippen molar-refractivity contribution in [2.24, 2.45) is 11.7 Å². The van der Waals surface area contributed by atoms with Gasteiger partial charge in [-0.1, -0.05) is 0 Å². The van der Waals surface area contributed by atoms with E-state index in [0.717, 1.165) is 0 Å². The third-order valence-electron chi connectivity index (χ3n) is 3.93. The monoisotopic (exact) mass is 319 g/mol. The van der Waals surface area contributed by atoms with Crippen LogP contribution in [0.25, 0.3) is 0 Å². The number of nitrogens with two attached hydrogens (primary N) is 1. The summed E-state index contributed by atoms with van der Waals surface area (Å²) in [7, 11) is 1.57. The summed E-state index contributed by atoms with van der Waals surface area (Å²) < 4.78 is 5.08. The highest BCUT2D eigenvalue weighted by atomic mass is 16.5. The summed E-state index contributed by atoms with van der Waals surface area (Å²) in [4.78, 5) is 37.3. The van der Waals surface area contributed by atoms with Crippen molar-refractivity contribution < 1.29 is 19.1 Å². The Morgan fingerprint density at radius 1 is 1.30 bits per heavy atom. The maximum Gasteiger partial charge on any atom is 0.242 e. The molecule has 7 nitrogen and oxygen atoms in total. The highest BCUT2D eigenvalue weighted by Crippen LogP contribution is 2.27. The number of nitrogens with one attached hydrogen (secondary N) is 1. The molecule has 3 amide bonds. The number of ether oxygens (including phenoxy) is 1. The summed E-state index contributed by atoms with van der Waals surface area (Å²) in [5.74, 6) is -0.923. The van der Waals surface area contributed by atoms with Crippen molar-refractivity contribution in [1.82, 2.24) is 5.32 Å². The molecule has 1 saturated heterocycles. The van der Waals surface area contributed by atoms with Crippen LogP contribution in [-0.4, -0.2) is 36.9 Å². The Balaban J connectivity index is 2.07. The van der Waals surface area contributed by atoms with Gasteiger partial charge in [-0.2, -0.15) is 0 Å². The maximum atomic E-state index is 12.3. The van der Waals surface area contributed by atoms with Gasteiger partial charge in [-0.15, -0.1) is 0 Å². The van der Waals surface area contributed by atoms with Crippen LogP contribution in [-0.2, 0) is 14.4 Å². The Bertz CT molecular complexity index is 625. The molecular weight excluding hydrogens is 298 g/mol. The molecule has 3 N–H and O–H groups in total. The summed E-state index contributed by atoms with van der Waals surface area (Å²) in [6, 6.07) is 7.05. The number of carbonyl (C=O) groups is 3. The van der Waals surface area contributed by atoms with Crippen molar-refractivity contribution in [2.75, 3.05) is 18.6 Å². The van der Waals surface area contributed by atoms with Crippen LogP contribution >= 0.6 is 0 Å². The lowest BCUT2D eigenvalue weighted by Gasteiger charge is -2.24. The first-order chi connectivity index (χ1) is 10.7. The van der Waals surface area contributed by atoms with Crippen LogP contribution in [0.5, 0.6) is 5.75 Å². The number of benzene rings is 1. The van der Waals surface area contributed by atoms with Crippen molar-refractivity contribution >= 4 is 23.4 Å². The predicted octanol–water partition coefficient (Wildman–Crippen LogP) is 0.428. The molecule has 1 aliphatic rings. The standard InChI is InChI=1S/C16H21N3O4/c1-16(2,15(17)22)18-14(21)10-8-13(20)19(9-10)11-4-6-12(23-3)7-5-11/h4-7,10H,8-9H2,1-3H3,(H2,17,22)(H,18,21). The van der Waals surface area contributed by atoms with Gasteiger partial charge in [-0.05, 0) is 38.1 Å². The van der Waals surface area contributed by atoms with Crippen LogP contribution in [0, 0.1) is 5.92 Å². The minimum atomic E-state index is -1.15. The topological polar surface area (TPSA) is 102 Å². The molecule has 0 spiro atoms. The molecule has 124 valence electrons. The molecule has 1 fully saturated rings. The number of hydrogen-bond donors (Lipinski definition) is 2. The van der Waals surface area contributed by atoms with Gasteiger partial charge in [0.2, 0.25) is 17.7 Å². The molecule has 0 aromatic heterocycles. The number of methoxy groups -OCH3 is 1. The first-order valence-electron chi connectivity index (χ1n) is 7.31. The number of anilines is 1. The molecule has 7 heteroatoms. The molecule has 1 unspecified atom stereocenters. The first kappa shape index (κ1) is 16.8. The van der Waals surface area contributed by atoms with Gasteiger partial charge in [0, 0.05) is 18.7 Å². The van der Waals surface area contributed by atoms with Gasteiger partial charge < -0.3 is 20.7 Å². The van der Waals surface area contributed by atoms with Gasteiger partial charge in [0.25, 0.3) is 0 Å². The smallest absolute Gasteiger partial charge is 0.242 e. The zero-order valence-electron chi connectivity index (χ0n) is 13.5. The molecule has 0 radical (unpaired) electrons. The second-order valence-corrected chi connectivity index (χ2v) is 6.08. The molecule has 0 bridgehead atoms. The average molecular weight is 319 g/mol. The molecule has 2 rings (SSSR count). The van der Waals surface area contributed by atoms with Crippen molar-refractivity contribution in [3.05, 3.63) is 24.3 Å². The van der Waals surface area contributed by atoms with Gasteiger partial charge in [-0.3, -0.25) is 14.4 Å². The Kier molecular flexibility index (Phi) is 4.58. The Morgan fingerprint density at radius 2 is 1.91 bits per heavy atom. The second-order valence-electron chi connectivity index (χ2n) is 6.08. The fourth-order valence-corrected chi connectivity index (χ4v) is 2.37. The first-order valence-corrected chi connectivity index (χ1v) is 7.31. The van der Waals surface area contributed by atoms with Gasteiger partial charge in [0.1, 0.15) is 11.3 Å². The SMILES string of the molecule is COc1ccc(N2CC(C(=O)NC(C)(C)C(N)=O)CC2=O)cc1. The van der Waals surface area contributed by atoms with E-state index in [1.54, 1.807) is 36.3 Å². The molecule has 1 aromatic carbocycles. The quantitative estimate of drug-likeness (QED) is 0.821. The summed E-state index contributed by atoms with van der Waals surface area (Å²) in [6.45, 7) is 3.34. The third-order valence-corrected chi connectivity index (χ3v) is 3.93. The maximum absolute atomic E-state index is 12.3. The summed E-state index contributed by atoms with van der Waals surface area (Å²) in [6.07, 6.45) is 0.104. The predicted molar refractivity (Wildman–Crippen MR) is 84.9 cm³/mol. The van der Waals surface area contributed by atoms with Gasteiger partial charge in [-0.25, -0.2) is 0 Å². The molecule has 0 saturated carbocycles. The largest absolute Gasteiger partial charge is 0.497 e. The molecule has 23 heavy (non-hydrogen) atoms. The van der Waals surface area contributed by atoms with E-state index >= 15 is 0 Å². The summed E-state index contributed by atoms with van der Waals surface area (Å²) in [5, 5.41) is 2.60. The average Bonchev–Trinajstić information content (AvgIpc) is 2.89. The van der Waals surface area contributed by atoms with Crippen molar-refractivity contribution in [3.8, 4) is 5.75 Å². The van der Waals surface area contributed by atoms with E-state index < -0.39 is 17.4 Å². The van der Waals surface area contributed by atoms with Gasteiger partial charge in [0.05, 0.1) is 13.0 Å². The molecule has 1 atom stereocenters. The Labute approximate surface area is 134 Å². The zero-order chi connectivity index (χ0) is 17.2. The normalized spacial score (nSPS) is 18.0. The minimum Gasteiger partial charge on any atom is -0.497 e. The van der Waals surface area contributed by atoms with E-state index in [1.807, 2.05) is 0 Å². The lowest BCUT2D eigenvalue weighted by Crippen LogP contribution is -2.54. The van der Waals surface area contributed by atoms with Crippen LogP contribution in [0.4, 0.5) is 5.69 Å². The molecule has 1 aromatic rings. The summed E-state index contributed by atoms with van der Waals surface area (Å²) >= 11 is 0. The molecular formula is C16H21N3O4. The second kappa shape index (κ2) is 6.28. The van der Waals surface area contributed by atoms with Gasteiger partial charge >= 0.3 is 0 Å². The minimum absolute atomic E-state index is 0.104. The van der Waals surface area contributed by atoms with Crippen LogP contribution in [0.2, 0.25) is 0 Å². The fraction of sp³-hybridized carbons (Fsp3) is 0.438. The van der Waals surface area contributed by atoms with E-state index in [0.29, 0.717) is 11.4 Å². The zero-order valence-corrected chi connectivity index (χ0v) is 13.5. The van der Waals surface area contributed by atoms with E-state index in [9.17, 15) is 14.4 Å².